The SMILES string of the molecule is C/C=N\C(N)=C1/C(=O)N(C)N=C1C. The lowest BCUT2D eigenvalue weighted by Crippen LogP contribution is -2.19. The fourth-order valence-corrected chi connectivity index (χ4v) is 1.14. The van der Waals surface area contributed by atoms with Crippen molar-refractivity contribution in [3.63, 3.8) is 0 Å². The molecule has 0 aliphatic carbocycles. The lowest BCUT2D eigenvalue weighted by molar-refractivity contribution is -0.124. The Labute approximate surface area is 76.6 Å². The van der Waals surface area contributed by atoms with Crippen molar-refractivity contribution in [1.29, 1.82) is 0 Å². The van der Waals surface area contributed by atoms with Crippen molar-refractivity contribution in [2.75, 3.05) is 7.05 Å². The highest BCUT2D eigenvalue weighted by molar-refractivity contribution is 6.24. The van der Waals surface area contributed by atoms with Crippen LogP contribution in [0.4, 0.5) is 0 Å². The Hall–Kier alpha value is -1.65. The number of amides is 1. The van der Waals surface area contributed by atoms with Gasteiger partial charge < -0.3 is 5.73 Å². The van der Waals surface area contributed by atoms with E-state index in [-0.39, 0.29) is 11.7 Å². The van der Waals surface area contributed by atoms with Crippen molar-refractivity contribution < 1.29 is 4.79 Å². The first-order valence-electron chi connectivity index (χ1n) is 3.90. The van der Waals surface area contributed by atoms with Crippen LogP contribution in [0.1, 0.15) is 13.8 Å². The van der Waals surface area contributed by atoms with E-state index in [1.807, 2.05) is 0 Å². The number of carbonyl (C=O) groups is 1. The van der Waals surface area contributed by atoms with Gasteiger partial charge in [-0.1, -0.05) is 0 Å². The predicted molar refractivity (Wildman–Crippen MR) is 51.3 cm³/mol. The molecule has 0 aromatic rings. The van der Waals surface area contributed by atoms with Crippen LogP contribution in [0.3, 0.4) is 0 Å². The number of nitrogens with zero attached hydrogens (tertiary/aromatic N) is 3. The van der Waals surface area contributed by atoms with Gasteiger partial charge in [0.15, 0.2) is 0 Å². The number of rotatable bonds is 1. The lowest BCUT2D eigenvalue weighted by Gasteiger charge is -2.02. The van der Waals surface area contributed by atoms with Crippen LogP contribution in [0.5, 0.6) is 0 Å². The van der Waals surface area contributed by atoms with Crippen molar-refractivity contribution in [3.05, 3.63) is 11.4 Å². The average molecular weight is 180 g/mol. The van der Waals surface area contributed by atoms with Crippen LogP contribution >= 0.6 is 0 Å². The molecule has 1 rings (SSSR count). The maximum atomic E-state index is 11.4. The summed E-state index contributed by atoms with van der Waals surface area (Å²) in [6.07, 6.45) is 1.54. The molecule has 0 saturated carbocycles. The molecular formula is C8H12N4O. The van der Waals surface area contributed by atoms with Crippen LogP contribution in [0.2, 0.25) is 0 Å². The zero-order valence-corrected chi connectivity index (χ0v) is 7.90. The Balaban J connectivity index is 3.13. The van der Waals surface area contributed by atoms with Crippen LogP contribution in [0.25, 0.3) is 0 Å². The van der Waals surface area contributed by atoms with E-state index in [1.54, 1.807) is 27.1 Å². The van der Waals surface area contributed by atoms with E-state index in [4.69, 9.17) is 5.73 Å². The molecule has 0 radical (unpaired) electrons. The predicted octanol–water partition coefficient (Wildman–Crippen LogP) is 0.0953. The molecule has 2 N–H and O–H groups in total. The average Bonchev–Trinajstić information content (AvgIpc) is 2.27. The van der Waals surface area contributed by atoms with Gasteiger partial charge in [0.1, 0.15) is 11.4 Å². The highest BCUT2D eigenvalue weighted by atomic mass is 16.2. The second-order valence-electron chi connectivity index (χ2n) is 2.66. The van der Waals surface area contributed by atoms with Crippen LogP contribution in [0.15, 0.2) is 21.5 Å². The summed E-state index contributed by atoms with van der Waals surface area (Å²) >= 11 is 0. The summed E-state index contributed by atoms with van der Waals surface area (Å²) in [4.78, 5) is 15.3. The number of hydrazone groups is 1. The first-order valence-corrected chi connectivity index (χ1v) is 3.90. The molecule has 1 heterocycles. The minimum absolute atomic E-state index is 0.208. The van der Waals surface area contributed by atoms with E-state index >= 15 is 0 Å². The third kappa shape index (κ3) is 1.58. The first kappa shape index (κ1) is 9.44. The summed E-state index contributed by atoms with van der Waals surface area (Å²) in [5.41, 5.74) is 6.58. The normalized spacial score (nSPS) is 21.3. The number of likely N-dealkylation sites (N-methyl/N-ethyl adjacent to an activating group) is 1. The summed E-state index contributed by atoms with van der Waals surface area (Å²) in [6, 6.07) is 0. The molecule has 0 spiro atoms. The minimum Gasteiger partial charge on any atom is -0.383 e. The van der Waals surface area contributed by atoms with E-state index in [1.165, 1.54) is 5.01 Å². The maximum absolute atomic E-state index is 11.4. The third-order valence-electron chi connectivity index (χ3n) is 1.69. The topological polar surface area (TPSA) is 71.0 Å². The molecule has 1 amide bonds. The molecule has 5 heteroatoms. The summed E-state index contributed by atoms with van der Waals surface area (Å²) in [7, 11) is 1.59. The molecular weight excluding hydrogens is 168 g/mol. The number of nitrogens with two attached hydrogens (primary N) is 1. The molecule has 13 heavy (non-hydrogen) atoms. The van der Waals surface area contributed by atoms with Crippen LogP contribution in [0, 0.1) is 0 Å². The molecule has 70 valence electrons. The van der Waals surface area contributed by atoms with Crippen molar-refractivity contribution in [2.24, 2.45) is 15.8 Å². The van der Waals surface area contributed by atoms with E-state index in [0.717, 1.165) is 0 Å². The molecule has 1 aliphatic rings. The maximum Gasteiger partial charge on any atom is 0.279 e. The molecule has 1 aliphatic heterocycles. The van der Waals surface area contributed by atoms with Crippen molar-refractivity contribution in [3.8, 4) is 0 Å². The Kier molecular flexibility index (Phi) is 2.46. The second kappa shape index (κ2) is 3.38. The van der Waals surface area contributed by atoms with Gasteiger partial charge in [-0.05, 0) is 13.8 Å². The smallest absolute Gasteiger partial charge is 0.279 e. The number of aliphatic imine (C=N–C) groups is 1. The summed E-state index contributed by atoms with van der Waals surface area (Å²) in [5, 5.41) is 5.20. The summed E-state index contributed by atoms with van der Waals surface area (Å²) in [6.45, 7) is 3.47. The van der Waals surface area contributed by atoms with Gasteiger partial charge in [0.05, 0.1) is 5.71 Å². The van der Waals surface area contributed by atoms with Gasteiger partial charge in [0.2, 0.25) is 0 Å². The Morgan fingerprint density at radius 3 is 2.69 bits per heavy atom. The standard InChI is InChI=1S/C8H12N4O/c1-4-10-7(9)6-5(2)11-12(3)8(6)13/h4H,9H2,1-3H3/b7-6-,10-4-. The van der Waals surface area contributed by atoms with Gasteiger partial charge >= 0.3 is 0 Å². The van der Waals surface area contributed by atoms with Crippen LogP contribution < -0.4 is 5.73 Å². The summed E-state index contributed by atoms with van der Waals surface area (Å²) < 4.78 is 0. The second-order valence-corrected chi connectivity index (χ2v) is 2.66. The van der Waals surface area contributed by atoms with E-state index in [0.29, 0.717) is 11.3 Å². The number of hydrogen-bond donors (Lipinski definition) is 1. The third-order valence-corrected chi connectivity index (χ3v) is 1.69. The molecule has 0 unspecified atom stereocenters. The van der Waals surface area contributed by atoms with Crippen LogP contribution in [-0.2, 0) is 4.79 Å². The molecule has 0 atom stereocenters. The van der Waals surface area contributed by atoms with E-state index in [9.17, 15) is 4.79 Å². The molecule has 0 fully saturated rings. The summed E-state index contributed by atoms with van der Waals surface area (Å²) in [5.74, 6) is 0.0127. The Bertz CT molecular complexity index is 327. The monoisotopic (exact) mass is 180 g/mol. The van der Waals surface area contributed by atoms with E-state index in [2.05, 4.69) is 10.1 Å². The van der Waals surface area contributed by atoms with Crippen molar-refractivity contribution in [1.82, 2.24) is 5.01 Å². The van der Waals surface area contributed by atoms with Crippen molar-refractivity contribution in [2.45, 2.75) is 13.8 Å². The Morgan fingerprint density at radius 2 is 2.31 bits per heavy atom. The zero-order valence-electron chi connectivity index (χ0n) is 7.90. The highest BCUT2D eigenvalue weighted by Gasteiger charge is 2.26. The molecule has 0 bridgehead atoms. The van der Waals surface area contributed by atoms with Gasteiger partial charge in [0.25, 0.3) is 5.91 Å². The molecule has 0 aromatic heterocycles. The highest BCUT2D eigenvalue weighted by Crippen LogP contribution is 2.14. The lowest BCUT2D eigenvalue weighted by atomic mass is 10.2. The number of carbonyl (C=O) groups excluding carboxylic acids is 1. The molecule has 5 nitrogen and oxygen atoms in total. The van der Waals surface area contributed by atoms with Gasteiger partial charge in [-0.25, -0.2) is 10.0 Å². The zero-order chi connectivity index (χ0) is 10.0. The first-order chi connectivity index (χ1) is 6.07. The fraction of sp³-hybridized carbons (Fsp3) is 0.375. The van der Waals surface area contributed by atoms with Gasteiger partial charge in [0, 0.05) is 13.3 Å². The fourth-order valence-electron chi connectivity index (χ4n) is 1.14. The number of hydrogen-bond acceptors (Lipinski definition) is 4. The van der Waals surface area contributed by atoms with Crippen LogP contribution in [-0.4, -0.2) is 29.9 Å². The minimum atomic E-state index is -0.208. The molecule has 0 saturated heterocycles. The van der Waals surface area contributed by atoms with E-state index < -0.39 is 0 Å². The van der Waals surface area contributed by atoms with Gasteiger partial charge in [-0.3, -0.25) is 4.79 Å². The molecule has 0 aromatic carbocycles. The Morgan fingerprint density at radius 1 is 1.69 bits per heavy atom. The largest absolute Gasteiger partial charge is 0.383 e. The van der Waals surface area contributed by atoms with Crippen molar-refractivity contribution >= 4 is 17.8 Å². The quantitative estimate of drug-likeness (QED) is 0.459. The van der Waals surface area contributed by atoms with Gasteiger partial charge in [-0.15, -0.1) is 0 Å². The van der Waals surface area contributed by atoms with Gasteiger partial charge in [-0.2, -0.15) is 5.10 Å².